The fourth-order valence-corrected chi connectivity index (χ4v) is 3.58. The molecule has 2 aromatic carbocycles. The molecule has 0 spiro atoms. The van der Waals surface area contributed by atoms with E-state index in [2.05, 4.69) is 20.3 Å². The number of benzene rings is 2. The van der Waals surface area contributed by atoms with Crippen LogP contribution in [0, 0.1) is 13.8 Å². The van der Waals surface area contributed by atoms with E-state index < -0.39 is 0 Å². The van der Waals surface area contributed by atoms with Crippen LogP contribution in [0.5, 0.6) is 0 Å². The van der Waals surface area contributed by atoms with Gasteiger partial charge in [-0.15, -0.1) is 11.3 Å². The molecule has 2 aromatic heterocycles. The average Bonchev–Trinajstić information content (AvgIpc) is 3.18. The topological polar surface area (TPSA) is 70.7 Å². The fraction of sp³-hybridized carbons (Fsp3) is 0.105. The lowest BCUT2D eigenvalue weighted by atomic mass is 10.2. The lowest BCUT2D eigenvalue weighted by molar-refractivity contribution is 0.103. The molecule has 124 valence electrons. The SMILES string of the molecule is Cc1nc(C)c(C(=O)Nc2cccc(-c3nc4ccccc4[nH]3)c2)s1. The minimum Gasteiger partial charge on any atom is -0.338 e. The third kappa shape index (κ3) is 3.04. The number of amides is 1. The van der Waals surface area contributed by atoms with Crippen molar-refractivity contribution in [3.63, 3.8) is 0 Å². The molecule has 5 nitrogen and oxygen atoms in total. The Bertz CT molecular complexity index is 1050. The number of nitrogens with zero attached hydrogens (tertiary/aromatic N) is 2. The molecule has 0 aliphatic heterocycles. The van der Waals surface area contributed by atoms with E-state index in [9.17, 15) is 4.79 Å². The summed E-state index contributed by atoms with van der Waals surface area (Å²) >= 11 is 1.40. The summed E-state index contributed by atoms with van der Waals surface area (Å²) in [6.45, 7) is 3.75. The summed E-state index contributed by atoms with van der Waals surface area (Å²) < 4.78 is 0. The molecule has 0 aliphatic rings. The molecule has 0 aliphatic carbocycles. The first-order chi connectivity index (χ1) is 12.1. The van der Waals surface area contributed by atoms with Gasteiger partial charge in [0.15, 0.2) is 0 Å². The summed E-state index contributed by atoms with van der Waals surface area (Å²) in [5.41, 5.74) is 4.32. The van der Waals surface area contributed by atoms with Crippen LogP contribution in [-0.4, -0.2) is 20.9 Å². The minimum atomic E-state index is -0.134. The van der Waals surface area contributed by atoms with Crippen LogP contribution in [0.2, 0.25) is 0 Å². The molecule has 25 heavy (non-hydrogen) atoms. The van der Waals surface area contributed by atoms with Crippen LogP contribution in [-0.2, 0) is 0 Å². The molecule has 0 radical (unpaired) electrons. The number of aryl methyl sites for hydroxylation is 2. The Balaban J connectivity index is 1.63. The zero-order valence-corrected chi connectivity index (χ0v) is 14.6. The van der Waals surface area contributed by atoms with Gasteiger partial charge in [0.2, 0.25) is 0 Å². The monoisotopic (exact) mass is 348 g/mol. The summed E-state index contributed by atoms with van der Waals surface area (Å²) in [5.74, 6) is 0.645. The molecule has 4 aromatic rings. The van der Waals surface area contributed by atoms with Crippen LogP contribution in [0.15, 0.2) is 48.5 Å². The number of nitrogens with one attached hydrogen (secondary N) is 2. The Hall–Kier alpha value is -2.99. The zero-order chi connectivity index (χ0) is 17.4. The van der Waals surface area contributed by atoms with Gasteiger partial charge in [0.05, 0.1) is 21.7 Å². The molecule has 2 N–H and O–H groups in total. The maximum atomic E-state index is 12.5. The van der Waals surface area contributed by atoms with Gasteiger partial charge < -0.3 is 10.3 Å². The predicted molar refractivity (Wildman–Crippen MR) is 101 cm³/mol. The van der Waals surface area contributed by atoms with Crippen molar-refractivity contribution >= 4 is 34.0 Å². The molecule has 0 fully saturated rings. The molecule has 0 bridgehead atoms. The Morgan fingerprint density at radius 1 is 1.08 bits per heavy atom. The van der Waals surface area contributed by atoms with Gasteiger partial charge in [0.1, 0.15) is 10.7 Å². The highest BCUT2D eigenvalue weighted by atomic mass is 32.1. The molecule has 2 heterocycles. The number of hydrogen-bond donors (Lipinski definition) is 2. The van der Waals surface area contributed by atoms with Crippen LogP contribution in [0.25, 0.3) is 22.4 Å². The van der Waals surface area contributed by atoms with Crippen molar-refractivity contribution in [1.29, 1.82) is 0 Å². The van der Waals surface area contributed by atoms with E-state index >= 15 is 0 Å². The van der Waals surface area contributed by atoms with E-state index in [4.69, 9.17) is 0 Å². The van der Waals surface area contributed by atoms with E-state index in [1.54, 1.807) is 0 Å². The molecule has 0 saturated heterocycles. The van der Waals surface area contributed by atoms with Gasteiger partial charge in [-0.25, -0.2) is 9.97 Å². The molecular formula is C19H16N4OS. The fourth-order valence-electron chi connectivity index (χ4n) is 2.76. The number of aromatic amines is 1. The lowest BCUT2D eigenvalue weighted by Gasteiger charge is -2.05. The molecular weight excluding hydrogens is 332 g/mol. The highest BCUT2D eigenvalue weighted by molar-refractivity contribution is 7.13. The van der Waals surface area contributed by atoms with Gasteiger partial charge in [-0.1, -0.05) is 24.3 Å². The van der Waals surface area contributed by atoms with Crippen LogP contribution < -0.4 is 5.32 Å². The van der Waals surface area contributed by atoms with Gasteiger partial charge >= 0.3 is 0 Å². The van der Waals surface area contributed by atoms with Gasteiger partial charge in [0, 0.05) is 11.3 Å². The maximum Gasteiger partial charge on any atom is 0.267 e. The van der Waals surface area contributed by atoms with Crippen LogP contribution in [0.1, 0.15) is 20.4 Å². The molecule has 4 rings (SSSR count). The summed E-state index contributed by atoms with van der Waals surface area (Å²) in [6.07, 6.45) is 0. The van der Waals surface area contributed by atoms with Crippen molar-refractivity contribution in [3.8, 4) is 11.4 Å². The highest BCUT2D eigenvalue weighted by Crippen LogP contribution is 2.24. The summed E-state index contributed by atoms with van der Waals surface area (Å²) in [5, 5.41) is 3.83. The first-order valence-electron chi connectivity index (χ1n) is 7.91. The lowest BCUT2D eigenvalue weighted by Crippen LogP contribution is -2.11. The van der Waals surface area contributed by atoms with Crippen molar-refractivity contribution in [2.45, 2.75) is 13.8 Å². The van der Waals surface area contributed by atoms with E-state index in [1.807, 2.05) is 62.4 Å². The Labute approximate surface area is 148 Å². The number of imidazole rings is 1. The number of H-pyrrole nitrogens is 1. The number of rotatable bonds is 3. The summed E-state index contributed by atoms with van der Waals surface area (Å²) in [4.78, 5) is 25.3. The second-order valence-corrected chi connectivity index (χ2v) is 6.99. The Kier molecular flexibility index (Phi) is 3.82. The molecule has 0 unspecified atom stereocenters. The highest BCUT2D eigenvalue weighted by Gasteiger charge is 2.14. The number of para-hydroxylation sites is 2. The largest absolute Gasteiger partial charge is 0.338 e. The maximum absolute atomic E-state index is 12.5. The first kappa shape index (κ1) is 15.5. The van der Waals surface area contributed by atoms with E-state index in [0.29, 0.717) is 4.88 Å². The molecule has 1 amide bonds. The standard InChI is InChI=1S/C19H16N4OS/c1-11-17(25-12(2)20-11)19(24)21-14-7-5-6-13(10-14)18-22-15-8-3-4-9-16(15)23-18/h3-10H,1-2H3,(H,21,24)(H,22,23). The number of carbonyl (C=O) groups excluding carboxylic acids is 1. The predicted octanol–water partition coefficient (Wildman–Crippen LogP) is 4.56. The summed E-state index contributed by atoms with van der Waals surface area (Å²) in [7, 11) is 0. The van der Waals surface area contributed by atoms with Crippen LogP contribution >= 0.6 is 11.3 Å². The number of fused-ring (bicyclic) bond motifs is 1. The van der Waals surface area contributed by atoms with Crippen molar-refractivity contribution < 1.29 is 4.79 Å². The normalized spacial score (nSPS) is 11.0. The third-order valence-electron chi connectivity index (χ3n) is 3.89. The number of aromatic nitrogens is 3. The van der Waals surface area contributed by atoms with Gasteiger partial charge in [-0.3, -0.25) is 4.79 Å². The van der Waals surface area contributed by atoms with Crippen LogP contribution in [0.3, 0.4) is 0 Å². The van der Waals surface area contributed by atoms with Crippen molar-refractivity contribution in [1.82, 2.24) is 15.0 Å². The first-order valence-corrected chi connectivity index (χ1v) is 8.72. The Morgan fingerprint density at radius 2 is 1.92 bits per heavy atom. The van der Waals surface area contributed by atoms with Crippen molar-refractivity contribution in [2.75, 3.05) is 5.32 Å². The summed E-state index contributed by atoms with van der Waals surface area (Å²) in [6, 6.07) is 15.6. The van der Waals surface area contributed by atoms with Gasteiger partial charge in [-0.2, -0.15) is 0 Å². The second kappa shape index (κ2) is 6.14. The van der Waals surface area contributed by atoms with Crippen molar-refractivity contribution in [2.24, 2.45) is 0 Å². The second-order valence-electron chi connectivity index (χ2n) is 5.78. The van der Waals surface area contributed by atoms with Crippen LogP contribution in [0.4, 0.5) is 5.69 Å². The average molecular weight is 348 g/mol. The Morgan fingerprint density at radius 3 is 2.68 bits per heavy atom. The number of anilines is 1. The number of hydrogen-bond acceptors (Lipinski definition) is 4. The minimum absolute atomic E-state index is 0.134. The van der Waals surface area contributed by atoms with E-state index in [0.717, 1.165) is 38.8 Å². The van der Waals surface area contributed by atoms with Crippen molar-refractivity contribution in [3.05, 3.63) is 64.1 Å². The van der Waals surface area contributed by atoms with Gasteiger partial charge in [0.25, 0.3) is 5.91 Å². The third-order valence-corrected chi connectivity index (χ3v) is 4.96. The number of carbonyl (C=O) groups is 1. The van der Waals surface area contributed by atoms with E-state index in [-0.39, 0.29) is 5.91 Å². The molecule has 0 saturated carbocycles. The zero-order valence-electron chi connectivity index (χ0n) is 13.8. The van der Waals surface area contributed by atoms with Gasteiger partial charge in [-0.05, 0) is 38.1 Å². The molecule has 0 atom stereocenters. The van der Waals surface area contributed by atoms with E-state index in [1.165, 1.54) is 11.3 Å². The quantitative estimate of drug-likeness (QED) is 0.570. The number of thiazole rings is 1. The smallest absolute Gasteiger partial charge is 0.267 e. The molecule has 6 heteroatoms.